The van der Waals surface area contributed by atoms with Crippen LogP contribution in [0.4, 0.5) is 10.1 Å². The van der Waals surface area contributed by atoms with Crippen molar-refractivity contribution in [2.75, 3.05) is 38.8 Å². The minimum absolute atomic E-state index is 0.120. The molecule has 0 saturated carbocycles. The molecule has 0 spiro atoms. The van der Waals surface area contributed by atoms with Crippen LogP contribution in [0.1, 0.15) is 18.4 Å². The Kier molecular flexibility index (Phi) is 5.16. The number of piperidine rings is 1. The molecule has 0 aromatic heterocycles. The lowest BCUT2D eigenvalue weighted by atomic mass is 9.96. The van der Waals surface area contributed by atoms with E-state index in [0.717, 1.165) is 43.8 Å². The predicted molar refractivity (Wildman–Crippen MR) is 76.0 cm³/mol. The van der Waals surface area contributed by atoms with Crippen LogP contribution in [0.3, 0.4) is 0 Å². The van der Waals surface area contributed by atoms with Crippen LogP contribution in [0.25, 0.3) is 0 Å². The summed E-state index contributed by atoms with van der Waals surface area (Å²) in [6, 6.07) is 5.35. The fourth-order valence-electron chi connectivity index (χ4n) is 2.77. The Morgan fingerprint density at radius 2 is 2.11 bits per heavy atom. The molecule has 1 saturated heterocycles. The first-order valence-electron chi connectivity index (χ1n) is 6.92. The zero-order chi connectivity index (χ0) is 13.7. The number of benzene rings is 1. The molecule has 1 aliphatic heterocycles. The summed E-state index contributed by atoms with van der Waals surface area (Å²) in [6.07, 6.45) is 2.23. The number of nitrogens with zero attached hydrogens (tertiary/aromatic N) is 1. The summed E-state index contributed by atoms with van der Waals surface area (Å²) >= 11 is 0. The summed E-state index contributed by atoms with van der Waals surface area (Å²) in [5.74, 6) is 0.522. The van der Waals surface area contributed by atoms with Crippen molar-refractivity contribution in [3.8, 4) is 0 Å². The molecular formula is C15H23FN2O. The smallest absolute Gasteiger partial charge is 0.129 e. The van der Waals surface area contributed by atoms with Crippen LogP contribution in [-0.2, 0) is 11.3 Å². The molecular weight excluding hydrogens is 243 g/mol. The van der Waals surface area contributed by atoms with Gasteiger partial charge in [0.15, 0.2) is 0 Å². The fourth-order valence-corrected chi connectivity index (χ4v) is 2.77. The summed E-state index contributed by atoms with van der Waals surface area (Å²) in [7, 11) is 3.60. The second kappa shape index (κ2) is 6.87. The minimum Gasteiger partial charge on any atom is -0.384 e. The van der Waals surface area contributed by atoms with Crippen molar-refractivity contribution in [1.82, 2.24) is 5.32 Å². The van der Waals surface area contributed by atoms with Crippen molar-refractivity contribution in [1.29, 1.82) is 0 Å². The van der Waals surface area contributed by atoms with Gasteiger partial charge in [0, 0.05) is 44.6 Å². The summed E-state index contributed by atoms with van der Waals surface area (Å²) < 4.78 is 19.1. The molecule has 106 valence electrons. The maximum atomic E-state index is 13.9. The van der Waals surface area contributed by atoms with Gasteiger partial charge in [0.25, 0.3) is 0 Å². The van der Waals surface area contributed by atoms with Gasteiger partial charge < -0.3 is 15.0 Å². The molecule has 0 aliphatic carbocycles. The highest BCUT2D eigenvalue weighted by atomic mass is 19.1. The molecule has 2 rings (SSSR count). The summed E-state index contributed by atoms with van der Waals surface area (Å²) in [6.45, 7) is 3.36. The summed E-state index contributed by atoms with van der Waals surface area (Å²) in [5, 5.41) is 3.05. The molecule has 19 heavy (non-hydrogen) atoms. The fraction of sp³-hybridized carbons (Fsp3) is 0.600. The molecule has 0 bridgehead atoms. The van der Waals surface area contributed by atoms with E-state index in [0.29, 0.717) is 12.5 Å². The Balaban J connectivity index is 2.08. The third kappa shape index (κ3) is 3.45. The van der Waals surface area contributed by atoms with Crippen molar-refractivity contribution >= 4 is 5.69 Å². The van der Waals surface area contributed by atoms with E-state index in [9.17, 15) is 4.39 Å². The molecule has 1 aliphatic rings. The van der Waals surface area contributed by atoms with E-state index in [1.54, 1.807) is 13.2 Å². The number of hydrogen-bond acceptors (Lipinski definition) is 3. The normalized spacial score (nSPS) is 16.9. The first-order valence-corrected chi connectivity index (χ1v) is 6.92. The molecule has 3 nitrogen and oxygen atoms in total. The molecule has 1 fully saturated rings. The number of hydrogen-bond donors (Lipinski definition) is 1. The average Bonchev–Trinajstić information content (AvgIpc) is 2.43. The van der Waals surface area contributed by atoms with Gasteiger partial charge in [-0.25, -0.2) is 4.39 Å². The van der Waals surface area contributed by atoms with Gasteiger partial charge >= 0.3 is 0 Å². The maximum Gasteiger partial charge on any atom is 0.129 e. The van der Waals surface area contributed by atoms with Gasteiger partial charge in [-0.1, -0.05) is 6.07 Å². The first-order chi connectivity index (χ1) is 9.26. The van der Waals surface area contributed by atoms with Crippen LogP contribution >= 0.6 is 0 Å². The molecule has 0 radical (unpaired) electrons. The van der Waals surface area contributed by atoms with E-state index < -0.39 is 0 Å². The number of ether oxygens (including phenoxy) is 1. The topological polar surface area (TPSA) is 24.5 Å². The Bertz CT molecular complexity index is 403. The van der Waals surface area contributed by atoms with Gasteiger partial charge in [0.05, 0.1) is 0 Å². The second-order valence-corrected chi connectivity index (χ2v) is 5.15. The SMILES string of the molecule is CNCc1c(F)cccc1N1CCC(COC)CC1. The van der Waals surface area contributed by atoms with E-state index in [1.165, 1.54) is 6.07 Å². The van der Waals surface area contributed by atoms with Crippen LogP contribution in [0.2, 0.25) is 0 Å². The van der Waals surface area contributed by atoms with E-state index >= 15 is 0 Å². The summed E-state index contributed by atoms with van der Waals surface area (Å²) in [5.41, 5.74) is 1.81. The number of nitrogens with one attached hydrogen (secondary N) is 1. The largest absolute Gasteiger partial charge is 0.384 e. The minimum atomic E-state index is -0.120. The van der Waals surface area contributed by atoms with E-state index in [4.69, 9.17) is 4.74 Å². The molecule has 1 N–H and O–H groups in total. The highest BCUT2D eigenvalue weighted by Gasteiger charge is 2.21. The lowest BCUT2D eigenvalue weighted by Crippen LogP contribution is -2.36. The number of anilines is 1. The van der Waals surface area contributed by atoms with Crippen LogP contribution in [0.5, 0.6) is 0 Å². The molecule has 0 unspecified atom stereocenters. The van der Waals surface area contributed by atoms with Crippen molar-refractivity contribution in [3.63, 3.8) is 0 Å². The lowest BCUT2D eigenvalue weighted by Gasteiger charge is -2.34. The zero-order valence-electron chi connectivity index (χ0n) is 11.8. The van der Waals surface area contributed by atoms with E-state index in [-0.39, 0.29) is 5.82 Å². The van der Waals surface area contributed by atoms with Crippen LogP contribution in [0.15, 0.2) is 18.2 Å². The van der Waals surface area contributed by atoms with Crippen molar-refractivity contribution in [2.24, 2.45) is 5.92 Å². The van der Waals surface area contributed by atoms with Crippen molar-refractivity contribution in [3.05, 3.63) is 29.6 Å². The molecule has 1 heterocycles. The molecule has 0 atom stereocenters. The Morgan fingerprint density at radius 1 is 1.37 bits per heavy atom. The predicted octanol–water partition coefficient (Wildman–Crippen LogP) is 2.41. The quantitative estimate of drug-likeness (QED) is 0.885. The molecule has 1 aromatic carbocycles. The molecule has 1 aromatic rings. The van der Waals surface area contributed by atoms with Gasteiger partial charge in [0.1, 0.15) is 5.82 Å². The van der Waals surface area contributed by atoms with Crippen molar-refractivity contribution < 1.29 is 9.13 Å². The lowest BCUT2D eigenvalue weighted by molar-refractivity contribution is 0.139. The molecule has 4 heteroatoms. The highest BCUT2D eigenvalue weighted by molar-refractivity contribution is 5.54. The van der Waals surface area contributed by atoms with Gasteiger partial charge in [-0.3, -0.25) is 0 Å². The number of methoxy groups -OCH3 is 1. The first kappa shape index (κ1) is 14.3. The third-order valence-electron chi connectivity index (χ3n) is 3.81. The zero-order valence-corrected chi connectivity index (χ0v) is 11.8. The van der Waals surface area contributed by atoms with E-state index in [2.05, 4.69) is 10.2 Å². The summed E-state index contributed by atoms with van der Waals surface area (Å²) in [4.78, 5) is 2.29. The standard InChI is InChI=1S/C15H23FN2O/c1-17-10-13-14(16)4-3-5-15(13)18-8-6-12(7-9-18)11-19-2/h3-5,12,17H,6-11H2,1-2H3. The average molecular weight is 266 g/mol. The maximum absolute atomic E-state index is 13.9. The van der Waals surface area contributed by atoms with Gasteiger partial charge in [-0.2, -0.15) is 0 Å². The number of rotatable bonds is 5. The van der Waals surface area contributed by atoms with Crippen LogP contribution < -0.4 is 10.2 Å². The Hall–Kier alpha value is -1.13. The highest BCUT2D eigenvalue weighted by Crippen LogP contribution is 2.28. The van der Waals surface area contributed by atoms with Crippen LogP contribution in [-0.4, -0.2) is 33.9 Å². The molecule has 0 amide bonds. The Labute approximate surface area is 114 Å². The van der Waals surface area contributed by atoms with Gasteiger partial charge in [0.2, 0.25) is 0 Å². The number of halogens is 1. The van der Waals surface area contributed by atoms with Crippen molar-refractivity contribution in [2.45, 2.75) is 19.4 Å². The third-order valence-corrected chi connectivity index (χ3v) is 3.81. The Morgan fingerprint density at radius 3 is 2.74 bits per heavy atom. The van der Waals surface area contributed by atoms with Crippen LogP contribution in [0, 0.1) is 11.7 Å². The second-order valence-electron chi connectivity index (χ2n) is 5.15. The van der Waals surface area contributed by atoms with Gasteiger partial charge in [-0.05, 0) is 37.9 Å². The van der Waals surface area contributed by atoms with Gasteiger partial charge in [-0.15, -0.1) is 0 Å². The van der Waals surface area contributed by atoms with E-state index in [1.807, 2.05) is 13.1 Å². The monoisotopic (exact) mass is 266 g/mol.